The minimum absolute atomic E-state index is 0.0647. The van der Waals surface area contributed by atoms with Crippen LogP contribution < -0.4 is 20.1 Å². The van der Waals surface area contributed by atoms with Gasteiger partial charge in [-0.3, -0.25) is 4.79 Å². The average Bonchev–Trinajstić information content (AvgIpc) is 2.80. The molecule has 0 aromatic heterocycles. The Kier molecular flexibility index (Phi) is 5.33. The highest BCUT2D eigenvalue weighted by Crippen LogP contribution is 2.24. The molecule has 1 heterocycles. The van der Waals surface area contributed by atoms with Gasteiger partial charge in [0.2, 0.25) is 5.91 Å². The van der Waals surface area contributed by atoms with Crippen LogP contribution in [-0.4, -0.2) is 25.7 Å². The van der Waals surface area contributed by atoms with Crippen molar-refractivity contribution in [2.45, 2.75) is 19.9 Å². The summed E-state index contributed by atoms with van der Waals surface area (Å²) in [6, 6.07) is 13.5. The molecule has 2 N–H and O–H groups in total. The molecule has 0 radical (unpaired) electrons. The Balaban J connectivity index is 1.50. The van der Waals surface area contributed by atoms with Crippen LogP contribution in [-0.2, 0) is 11.3 Å². The molecule has 5 nitrogen and oxygen atoms in total. The Hall–Kier alpha value is -2.53. The Labute approximate surface area is 142 Å². The van der Waals surface area contributed by atoms with Crippen LogP contribution in [0.2, 0.25) is 0 Å². The van der Waals surface area contributed by atoms with Crippen molar-refractivity contribution in [2.75, 3.05) is 25.1 Å². The van der Waals surface area contributed by atoms with Crippen molar-refractivity contribution < 1.29 is 14.3 Å². The largest absolute Gasteiger partial charge is 0.493 e. The van der Waals surface area contributed by atoms with Gasteiger partial charge in [-0.1, -0.05) is 12.1 Å². The Bertz CT molecular complexity index is 716. The molecule has 0 spiro atoms. The van der Waals surface area contributed by atoms with E-state index in [1.54, 1.807) is 0 Å². The quantitative estimate of drug-likeness (QED) is 0.887. The van der Waals surface area contributed by atoms with E-state index >= 15 is 0 Å². The first kappa shape index (κ1) is 16.3. The number of aryl methyl sites for hydroxylation is 1. The fraction of sp³-hybridized carbons (Fsp3) is 0.316. The van der Waals surface area contributed by atoms with Crippen LogP contribution >= 0.6 is 0 Å². The number of hydrogen-bond donors (Lipinski definition) is 2. The van der Waals surface area contributed by atoms with Gasteiger partial charge in [-0.15, -0.1) is 0 Å². The number of anilines is 1. The molecular formula is C19H22N2O3. The van der Waals surface area contributed by atoms with E-state index in [2.05, 4.69) is 10.6 Å². The molecule has 5 heteroatoms. The van der Waals surface area contributed by atoms with Crippen molar-refractivity contribution in [3.05, 3.63) is 53.6 Å². The van der Waals surface area contributed by atoms with Gasteiger partial charge in [0.05, 0.1) is 13.0 Å². The standard InChI is InChI=1S/C19H22N2O3/c1-14-3-2-4-17(11-14)23-9-7-19(22)21-16-5-6-18-15(12-16)13-20-8-10-24-18/h2-6,11-12,20H,7-10,13H2,1H3,(H,21,22). The van der Waals surface area contributed by atoms with E-state index in [0.717, 1.165) is 41.4 Å². The van der Waals surface area contributed by atoms with Crippen molar-refractivity contribution in [1.82, 2.24) is 5.32 Å². The number of hydrogen-bond acceptors (Lipinski definition) is 4. The zero-order valence-electron chi connectivity index (χ0n) is 13.8. The van der Waals surface area contributed by atoms with Crippen LogP contribution in [0.1, 0.15) is 17.5 Å². The summed E-state index contributed by atoms with van der Waals surface area (Å²) in [7, 11) is 0. The van der Waals surface area contributed by atoms with Gasteiger partial charge < -0.3 is 20.1 Å². The third kappa shape index (κ3) is 4.49. The van der Waals surface area contributed by atoms with Gasteiger partial charge in [0.25, 0.3) is 0 Å². The summed E-state index contributed by atoms with van der Waals surface area (Å²) in [6.07, 6.45) is 0.305. The van der Waals surface area contributed by atoms with Gasteiger partial charge in [-0.05, 0) is 42.8 Å². The molecule has 2 aromatic rings. The first-order chi connectivity index (χ1) is 11.7. The lowest BCUT2D eigenvalue weighted by Gasteiger charge is -2.11. The highest BCUT2D eigenvalue weighted by Gasteiger charge is 2.10. The molecule has 126 valence electrons. The second-order valence-electron chi connectivity index (χ2n) is 5.81. The molecule has 1 aliphatic heterocycles. The fourth-order valence-electron chi connectivity index (χ4n) is 2.58. The number of carbonyl (C=O) groups is 1. The summed E-state index contributed by atoms with van der Waals surface area (Å²) in [5.41, 5.74) is 2.97. The Morgan fingerprint density at radius 1 is 1.29 bits per heavy atom. The van der Waals surface area contributed by atoms with Crippen molar-refractivity contribution in [2.24, 2.45) is 0 Å². The molecule has 0 unspecified atom stereocenters. The average molecular weight is 326 g/mol. The van der Waals surface area contributed by atoms with Crippen LogP contribution in [0, 0.1) is 6.92 Å². The number of ether oxygens (including phenoxy) is 2. The number of nitrogens with one attached hydrogen (secondary N) is 2. The lowest BCUT2D eigenvalue weighted by molar-refractivity contribution is -0.116. The molecule has 1 amide bonds. The van der Waals surface area contributed by atoms with Gasteiger partial charge in [-0.2, -0.15) is 0 Å². The SMILES string of the molecule is Cc1cccc(OCCC(=O)Nc2ccc3c(c2)CNCCO3)c1. The lowest BCUT2D eigenvalue weighted by atomic mass is 10.1. The Morgan fingerprint density at radius 3 is 3.08 bits per heavy atom. The maximum atomic E-state index is 12.1. The third-order valence-electron chi connectivity index (χ3n) is 3.78. The number of carbonyl (C=O) groups excluding carboxylic acids is 1. The number of benzene rings is 2. The fourth-order valence-corrected chi connectivity index (χ4v) is 2.58. The molecule has 0 aliphatic carbocycles. The second kappa shape index (κ2) is 7.84. The number of rotatable bonds is 5. The molecule has 0 saturated carbocycles. The minimum Gasteiger partial charge on any atom is -0.493 e. The Morgan fingerprint density at radius 2 is 2.21 bits per heavy atom. The molecule has 2 aromatic carbocycles. The third-order valence-corrected chi connectivity index (χ3v) is 3.78. The van der Waals surface area contributed by atoms with Crippen molar-refractivity contribution in [3.8, 4) is 11.5 Å². The van der Waals surface area contributed by atoms with Crippen LogP contribution in [0.5, 0.6) is 11.5 Å². The summed E-state index contributed by atoms with van der Waals surface area (Å²) in [4.78, 5) is 12.1. The topological polar surface area (TPSA) is 59.6 Å². The maximum absolute atomic E-state index is 12.1. The summed E-state index contributed by atoms with van der Waals surface area (Å²) in [5.74, 6) is 1.60. The van der Waals surface area contributed by atoms with Gasteiger partial charge in [0, 0.05) is 24.3 Å². The summed E-state index contributed by atoms with van der Waals surface area (Å²) >= 11 is 0. The van der Waals surface area contributed by atoms with Gasteiger partial charge >= 0.3 is 0 Å². The van der Waals surface area contributed by atoms with Crippen LogP contribution in [0.15, 0.2) is 42.5 Å². The number of fused-ring (bicyclic) bond motifs is 1. The molecular weight excluding hydrogens is 304 g/mol. The van der Waals surface area contributed by atoms with E-state index in [4.69, 9.17) is 9.47 Å². The molecule has 0 bridgehead atoms. The van der Waals surface area contributed by atoms with E-state index in [1.807, 2.05) is 49.4 Å². The predicted molar refractivity (Wildman–Crippen MR) is 93.6 cm³/mol. The number of amides is 1. The molecule has 1 aliphatic rings. The first-order valence-corrected chi connectivity index (χ1v) is 8.16. The van der Waals surface area contributed by atoms with E-state index in [0.29, 0.717) is 19.6 Å². The van der Waals surface area contributed by atoms with E-state index in [-0.39, 0.29) is 5.91 Å². The maximum Gasteiger partial charge on any atom is 0.227 e. The van der Waals surface area contributed by atoms with Crippen LogP contribution in [0.25, 0.3) is 0 Å². The summed E-state index contributed by atoms with van der Waals surface area (Å²) < 4.78 is 11.2. The van der Waals surface area contributed by atoms with Gasteiger partial charge in [0.15, 0.2) is 0 Å². The van der Waals surface area contributed by atoms with Gasteiger partial charge in [-0.25, -0.2) is 0 Å². The minimum atomic E-state index is -0.0647. The van der Waals surface area contributed by atoms with Crippen LogP contribution in [0.3, 0.4) is 0 Å². The normalized spacial score (nSPS) is 13.4. The van der Waals surface area contributed by atoms with Crippen molar-refractivity contribution >= 4 is 11.6 Å². The molecule has 24 heavy (non-hydrogen) atoms. The lowest BCUT2D eigenvalue weighted by Crippen LogP contribution is -2.16. The monoisotopic (exact) mass is 326 g/mol. The zero-order chi connectivity index (χ0) is 16.8. The predicted octanol–water partition coefficient (Wildman–Crippen LogP) is 2.88. The molecule has 3 rings (SSSR count). The molecule has 0 atom stereocenters. The van der Waals surface area contributed by atoms with Crippen molar-refractivity contribution in [1.29, 1.82) is 0 Å². The second-order valence-corrected chi connectivity index (χ2v) is 5.81. The van der Waals surface area contributed by atoms with E-state index in [1.165, 1.54) is 0 Å². The molecule has 0 saturated heterocycles. The summed E-state index contributed by atoms with van der Waals surface area (Å²) in [6.45, 7) is 4.60. The zero-order valence-corrected chi connectivity index (χ0v) is 13.8. The highest BCUT2D eigenvalue weighted by molar-refractivity contribution is 5.91. The van der Waals surface area contributed by atoms with Crippen LogP contribution in [0.4, 0.5) is 5.69 Å². The smallest absolute Gasteiger partial charge is 0.227 e. The van der Waals surface area contributed by atoms with Crippen molar-refractivity contribution in [3.63, 3.8) is 0 Å². The summed E-state index contributed by atoms with van der Waals surface area (Å²) in [5, 5.41) is 6.19. The molecule has 0 fully saturated rings. The van der Waals surface area contributed by atoms with E-state index in [9.17, 15) is 4.79 Å². The van der Waals surface area contributed by atoms with Gasteiger partial charge in [0.1, 0.15) is 18.1 Å². The highest BCUT2D eigenvalue weighted by atomic mass is 16.5. The van der Waals surface area contributed by atoms with E-state index < -0.39 is 0 Å². The first-order valence-electron chi connectivity index (χ1n) is 8.16.